The van der Waals surface area contributed by atoms with Crippen LogP contribution in [-0.2, 0) is 23.8 Å². The summed E-state index contributed by atoms with van der Waals surface area (Å²) in [6.45, 7) is 0.563. The number of rotatable bonds is 10. The van der Waals surface area contributed by atoms with Crippen LogP contribution in [0.4, 0.5) is 13.2 Å². The third kappa shape index (κ3) is 6.56. The molecular weight excluding hydrogens is 443 g/mol. The van der Waals surface area contributed by atoms with Gasteiger partial charge in [0.1, 0.15) is 4.88 Å². The predicted octanol–water partition coefficient (Wildman–Crippen LogP) is 4.77. The zero-order valence-corrected chi connectivity index (χ0v) is 18.3. The van der Waals surface area contributed by atoms with Gasteiger partial charge >= 0.3 is 12.1 Å². The number of carboxylic acid groups (broad SMARTS) is 1. The molecule has 1 saturated heterocycles. The summed E-state index contributed by atoms with van der Waals surface area (Å²) in [5.41, 5.74) is -0.292. The standard InChI is InChI=1S/C23H26F3NO4S/c24-23(25,26)16-4-1-3-15(13-16)14-18(28)8-6-17-7-11-21(29)27(17)12-2-5-19-9-10-20(32-19)22(30)31/h1,3-4,9-10,13,17-18,28H,2,5-8,11-12,14H2,(H,30,31)/t17-,18?/m0/s1. The van der Waals surface area contributed by atoms with E-state index in [1.54, 1.807) is 18.2 Å². The van der Waals surface area contributed by atoms with Gasteiger partial charge in [-0.15, -0.1) is 11.3 Å². The van der Waals surface area contributed by atoms with Crippen molar-refractivity contribution in [2.75, 3.05) is 6.54 Å². The summed E-state index contributed by atoms with van der Waals surface area (Å²) < 4.78 is 38.6. The number of hydrogen-bond acceptors (Lipinski definition) is 4. The minimum atomic E-state index is -4.41. The maximum absolute atomic E-state index is 12.9. The molecule has 1 aromatic heterocycles. The molecule has 0 saturated carbocycles. The Labute approximate surface area is 188 Å². The number of alkyl halides is 3. The number of aliphatic hydroxyl groups excluding tert-OH is 1. The van der Waals surface area contributed by atoms with Crippen molar-refractivity contribution in [2.45, 2.75) is 63.3 Å². The number of aryl methyl sites for hydroxylation is 1. The maximum atomic E-state index is 12.9. The second kappa shape index (κ2) is 10.5. The van der Waals surface area contributed by atoms with Crippen molar-refractivity contribution in [3.05, 3.63) is 57.3 Å². The normalized spacial score (nSPS) is 17.7. The number of benzene rings is 1. The van der Waals surface area contributed by atoms with E-state index < -0.39 is 23.8 Å². The molecule has 1 fully saturated rings. The molecule has 2 atom stereocenters. The van der Waals surface area contributed by atoms with Crippen molar-refractivity contribution in [3.63, 3.8) is 0 Å². The summed E-state index contributed by atoms with van der Waals surface area (Å²) in [6.07, 6.45) is -1.50. The average Bonchev–Trinajstić information content (AvgIpc) is 3.34. The van der Waals surface area contributed by atoms with Crippen molar-refractivity contribution in [3.8, 4) is 0 Å². The first kappa shape index (κ1) is 24.3. The summed E-state index contributed by atoms with van der Waals surface area (Å²) in [5.74, 6) is -0.875. The monoisotopic (exact) mass is 469 g/mol. The molecule has 1 aliphatic rings. The number of amides is 1. The summed E-state index contributed by atoms with van der Waals surface area (Å²) >= 11 is 1.24. The predicted molar refractivity (Wildman–Crippen MR) is 115 cm³/mol. The van der Waals surface area contributed by atoms with Gasteiger partial charge in [0.15, 0.2) is 0 Å². The van der Waals surface area contributed by atoms with Crippen LogP contribution in [0.5, 0.6) is 0 Å². The van der Waals surface area contributed by atoms with Gasteiger partial charge in [0.25, 0.3) is 0 Å². The molecule has 1 aliphatic heterocycles. The van der Waals surface area contributed by atoms with Crippen LogP contribution < -0.4 is 0 Å². The maximum Gasteiger partial charge on any atom is 0.416 e. The molecule has 1 amide bonds. The SMILES string of the molecule is O=C(O)c1ccc(CCCN2C(=O)CC[C@@H]2CCC(O)Cc2cccc(C(F)(F)F)c2)s1. The average molecular weight is 470 g/mol. The smallest absolute Gasteiger partial charge is 0.416 e. The van der Waals surface area contributed by atoms with Gasteiger partial charge in [0.2, 0.25) is 5.91 Å². The van der Waals surface area contributed by atoms with E-state index in [0.717, 1.165) is 17.0 Å². The van der Waals surface area contributed by atoms with Crippen LogP contribution in [0.2, 0.25) is 0 Å². The zero-order chi connectivity index (χ0) is 23.3. The van der Waals surface area contributed by atoms with Crippen LogP contribution in [0, 0.1) is 0 Å². The highest BCUT2D eigenvalue weighted by Crippen LogP contribution is 2.30. The molecule has 2 aromatic rings. The van der Waals surface area contributed by atoms with Crippen LogP contribution in [0.1, 0.15) is 57.8 Å². The van der Waals surface area contributed by atoms with Gasteiger partial charge in [-0.3, -0.25) is 4.79 Å². The lowest BCUT2D eigenvalue weighted by atomic mass is 9.99. The highest BCUT2D eigenvalue weighted by molar-refractivity contribution is 7.13. The molecule has 174 valence electrons. The molecule has 5 nitrogen and oxygen atoms in total. The number of carbonyl (C=O) groups is 2. The third-order valence-electron chi connectivity index (χ3n) is 5.71. The number of carboxylic acids is 1. The van der Waals surface area contributed by atoms with E-state index in [1.807, 2.05) is 4.90 Å². The lowest BCUT2D eigenvalue weighted by Crippen LogP contribution is -2.34. The highest BCUT2D eigenvalue weighted by Gasteiger charge is 2.32. The number of likely N-dealkylation sites (tertiary alicyclic amines) is 1. The van der Waals surface area contributed by atoms with Crippen LogP contribution >= 0.6 is 11.3 Å². The van der Waals surface area contributed by atoms with Gasteiger partial charge in [-0.1, -0.05) is 18.2 Å². The molecule has 0 aliphatic carbocycles. The summed E-state index contributed by atoms with van der Waals surface area (Å²) in [4.78, 5) is 26.3. The minimum absolute atomic E-state index is 0.0107. The minimum Gasteiger partial charge on any atom is -0.477 e. The molecule has 2 heterocycles. The molecule has 3 rings (SSSR count). The Morgan fingerprint density at radius 1 is 1.25 bits per heavy atom. The summed E-state index contributed by atoms with van der Waals surface area (Å²) in [7, 11) is 0. The van der Waals surface area contributed by atoms with Crippen molar-refractivity contribution >= 4 is 23.2 Å². The van der Waals surface area contributed by atoms with Crippen molar-refractivity contribution in [1.29, 1.82) is 0 Å². The number of carbonyl (C=O) groups excluding carboxylic acids is 1. The van der Waals surface area contributed by atoms with E-state index in [4.69, 9.17) is 5.11 Å². The number of nitrogens with zero attached hydrogens (tertiary/aromatic N) is 1. The Hall–Kier alpha value is -2.39. The third-order valence-corrected chi connectivity index (χ3v) is 6.84. The molecule has 1 unspecified atom stereocenters. The molecule has 9 heteroatoms. The first-order valence-electron chi connectivity index (χ1n) is 10.6. The Kier molecular flexibility index (Phi) is 7.95. The van der Waals surface area contributed by atoms with Gasteiger partial charge in [0, 0.05) is 23.9 Å². The van der Waals surface area contributed by atoms with Gasteiger partial charge < -0.3 is 15.1 Å². The van der Waals surface area contributed by atoms with Crippen molar-refractivity contribution in [1.82, 2.24) is 4.90 Å². The quantitative estimate of drug-likeness (QED) is 0.525. The van der Waals surface area contributed by atoms with Gasteiger partial charge in [-0.2, -0.15) is 13.2 Å². The number of halogens is 3. The van der Waals surface area contributed by atoms with Gasteiger partial charge in [-0.05, 0) is 62.3 Å². The largest absolute Gasteiger partial charge is 0.477 e. The Balaban J connectivity index is 1.47. The van der Waals surface area contributed by atoms with E-state index in [0.29, 0.717) is 55.5 Å². The van der Waals surface area contributed by atoms with E-state index in [9.17, 15) is 27.9 Å². The molecule has 1 aromatic carbocycles. The fourth-order valence-corrected chi connectivity index (χ4v) is 4.97. The summed E-state index contributed by atoms with van der Waals surface area (Å²) in [6, 6.07) is 8.38. The number of aliphatic hydroxyl groups is 1. The van der Waals surface area contributed by atoms with E-state index in [-0.39, 0.29) is 18.4 Å². The lowest BCUT2D eigenvalue weighted by Gasteiger charge is -2.25. The van der Waals surface area contributed by atoms with Crippen LogP contribution in [0.15, 0.2) is 36.4 Å². The number of aromatic carboxylic acids is 1. The molecule has 32 heavy (non-hydrogen) atoms. The van der Waals surface area contributed by atoms with E-state index in [1.165, 1.54) is 17.4 Å². The van der Waals surface area contributed by atoms with Crippen LogP contribution in [-0.4, -0.2) is 45.7 Å². The molecule has 0 bridgehead atoms. The van der Waals surface area contributed by atoms with Crippen LogP contribution in [0.25, 0.3) is 0 Å². The van der Waals surface area contributed by atoms with Crippen molar-refractivity contribution in [2.24, 2.45) is 0 Å². The Morgan fingerprint density at radius 2 is 2.03 bits per heavy atom. The fraction of sp³-hybridized carbons (Fsp3) is 0.478. The van der Waals surface area contributed by atoms with E-state index >= 15 is 0 Å². The molecule has 0 radical (unpaired) electrons. The van der Waals surface area contributed by atoms with Gasteiger partial charge in [-0.25, -0.2) is 4.79 Å². The second-order valence-corrected chi connectivity index (χ2v) is 9.26. The second-order valence-electron chi connectivity index (χ2n) is 8.09. The fourth-order valence-electron chi connectivity index (χ4n) is 4.09. The molecule has 0 spiro atoms. The van der Waals surface area contributed by atoms with E-state index in [2.05, 4.69) is 0 Å². The number of hydrogen-bond donors (Lipinski definition) is 2. The Bertz CT molecular complexity index is 943. The number of thiophene rings is 1. The first-order chi connectivity index (χ1) is 15.1. The summed E-state index contributed by atoms with van der Waals surface area (Å²) in [5, 5.41) is 19.3. The molecule has 2 N–H and O–H groups in total. The molecular formula is C23H26F3NO4S. The highest BCUT2D eigenvalue weighted by atomic mass is 32.1. The Morgan fingerprint density at radius 3 is 2.72 bits per heavy atom. The van der Waals surface area contributed by atoms with Crippen LogP contribution in [0.3, 0.4) is 0 Å². The zero-order valence-electron chi connectivity index (χ0n) is 17.5. The topological polar surface area (TPSA) is 77.8 Å². The van der Waals surface area contributed by atoms with Gasteiger partial charge in [0.05, 0.1) is 11.7 Å². The first-order valence-corrected chi connectivity index (χ1v) is 11.4. The van der Waals surface area contributed by atoms with Crippen molar-refractivity contribution < 1.29 is 33.0 Å². The lowest BCUT2D eigenvalue weighted by molar-refractivity contribution is -0.137.